The minimum absolute atomic E-state index is 0.0960. The highest BCUT2D eigenvalue weighted by Gasteiger charge is 2.26. The van der Waals surface area contributed by atoms with Gasteiger partial charge in [0.2, 0.25) is 5.91 Å². The molecule has 1 aromatic rings. The number of piperazine rings is 1. The van der Waals surface area contributed by atoms with Crippen LogP contribution in [0.4, 0.5) is 5.82 Å². The van der Waals surface area contributed by atoms with Gasteiger partial charge >= 0.3 is 0 Å². The standard InChI is InChI=1S/C14H22N4O/c1-11(12(2)15)14(19)18-9-7-17(8-10-18)13-5-3-4-6-16-13/h3-6,11-12H,7-10,15H2,1-2H3. The first-order valence-corrected chi connectivity index (χ1v) is 6.80. The van der Waals surface area contributed by atoms with Gasteiger partial charge in [-0.15, -0.1) is 0 Å². The van der Waals surface area contributed by atoms with E-state index in [1.807, 2.05) is 36.9 Å². The smallest absolute Gasteiger partial charge is 0.227 e. The first-order chi connectivity index (χ1) is 9.09. The molecular weight excluding hydrogens is 240 g/mol. The van der Waals surface area contributed by atoms with Crippen molar-refractivity contribution in [3.05, 3.63) is 24.4 Å². The van der Waals surface area contributed by atoms with Crippen molar-refractivity contribution in [3.63, 3.8) is 0 Å². The van der Waals surface area contributed by atoms with E-state index in [1.54, 1.807) is 6.20 Å². The van der Waals surface area contributed by atoms with E-state index in [9.17, 15) is 4.79 Å². The lowest BCUT2D eigenvalue weighted by molar-refractivity contribution is -0.135. The molecule has 1 fully saturated rings. The third-order valence-electron chi connectivity index (χ3n) is 3.74. The van der Waals surface area contributed by atoms with E-state index in [-0.39, 0.29) is 17.9 Å². The van der Waals surface area contributed by atoms with Gasteiger partial charge in [-0.05, 0) is 19.1 Å². The molecule has 5 nitrogen and oxygen atoms in total. The molecule has 2 atom stereocenters. The summed E-state index contributed by atoms with van der Waals surface area (Å²) in [5.74, 6) is 1.03. The molecule has 0 aliphatic carbocycles. The number of pyridine rings is 1. The van der Waals surface area contributed by atoms with Crippen molar-refractivity contribution < 1.29 is 4.79 Å². The molecule has 2 heterocycles. The van der Waals surface area contributed by atoms with E-state index in [4.69, 9.17) is 5.73 Å². The molecule has 5 heteroatoms. The molecule has 19 heavy (non-hydrogen) atoms. The number of carbonyl (C=O) groups excluding carboxylic acids is 1. The van der Waals surface area contributed by atoms with Crippen LogP contribution in [0.25, 0.3) is 0 Å². The van der Waals surface area contributed by atoms with Crippen LogP contribution < -0.4 is 10.6 Å². The summed E-state index contributed by atoms with van der Waals surface area (Å²) < 4.78 is 0. The summed E-state index contributed by atoms with van der Waals surface area (Å²) in [6, 6.07) is 5.80. The first kappa shape index (κ1) is 13.8. The second-order valence-corrected chi connectivity index (χ2v) is 5.15. The molecule has 1 aromatic heterocycles. The molecule has 0 saturated carbocycles. The Morgan fingerprint density at radius 2 is 1.95 bits per heavy atom. The number of anilines is 1. The second kappa shape index (κ2) is 6.02. The summed E-state index contributed by atoms with van der Waals surface area (Å²) in [5.41, 5.74) is 5.79. The fourth-order valence-corrected chi connectivity index (χ4v) is 2.21. The van der Waals surface area contributed by atoms with Crippen LogP contribution in [0, 0.1) is 5.92 Å². The normalized spacial score (nSPS) is 19.1. The van der Waals surface area contributed by atoms with Crippen LogP contribution in [0.3, 0.4) is 0 Å². The summed E-state index contributed by atoms with van der Waals surface area (Å²) in [7, 11) is 0. The van der Waals surface area contributed by atoms with Crippen LogP contribution >= 0.6 is 0 Å². The molecule has 1 aliphatic rings. The van der Waals surface area contributed by atoms with Gasteiger partial charge < -0.3 is 15.5 Å². The Balaban J connectivity index is 1.91. The van der Waals surface area contributed by atoms with Gasteiger partial charge in [0.25, 0.3) is 0 Å². The third kappa shape index (κ3) is 3.23. The first-order valence-electron chi connectivity index (χ1n) is 6.80. The molecular formula is C14H22N4O. The fraction of sp³-hybridized carbons (Fsp3) is 0.571. The number of hydrogen-bond acceptors (Lipinski definition) is 4. The zero-order valence-electron chi connectivity index (χ0n) is 11.6. The van der Waals surface area contributed by atoms with Crippen LogP contribution in [0.1, 0.15) is 13.8 Å². The van der Waals surface area contributed by atoms with Gasteiger partial charge in [0, 0.05) is 38.4 Å². The number of aromatic nitrogens is 1. The zero-order valence-corrected chi connectivity index (χ0v) is 11.6. The highest BCUT2D eigenvalue weighted by Crippen LogP contribution is 2.14. The number of nitrogens with zero attached hydrogens (tertiary/aromatic N) is 3. The third-order valence-corrected chi connectivity index (χ3v) is 3.74. The van der Waals surface area contributed by atoms with Gasteiger partial charge in [-0.2, -0.15) is 0 Å². The van der Waals surface area contributed by atoms with E-state index >= 15 is 0 Å². The zero-order chi connectivity index (χ0) is 13.8. The summed E-state index contributed by atoms with van der Waals surface area (Å²) in [6.07, 6.45) is 1.80. The predicted molar refractivity (Wildman–Crippen MR) is 75.8 cm³/mol. The molecule has 0 bridgehead atoms. The number of carbonyl (C=O) groups is 1. The quantitative estimate of drug-likeness (QED) is 0.871. The van der Waals surface area contributed by atoms with E-state index in [0.29, 0.717) is 0 Å². The minimum Gasteiger partial charge on any atom is -0.353 e. The van der Waals surface area contributed by atoms with Gasteiger partial charge in [-0.1, -0.05) is 13.0 Å². The molecule has 104 valence electrons. The van der Waals surface area contributed by atoms with Crippen LogP contribution in [0.5, 0.6) is 0 Å². The highest BCUT2D eigenvalue weighted by molar-refractivity contribution is 5.79. The molecule has 0 radical (unpaired) electrons. The van der Waals surface area contributed by atoms with Crippen molar-refractivity contribution >= 4 is 11.7 Å². The molecule has 2 unspecified atom stereocenters. The van der Waals surface area contributed by atoms with Crippen LogP contribution in [0.15, 0.2) is 24.4 Å². The van der Waals surface area contributed by atoms with E-state index in [1.165, 1.54) is 0 Å². The van der Waals surface area contributed by atoms with Gasteiger partial charge in [0.05, 0.1) is 5.92 Å². The predicted octanol–water partition coefficient (Wildman–Crippen LogP) is 0.714. The average molecular weight is 262 g/mol. The molecule has 2 rings (SSSR count). The van der Waals surface area contributed by atoms with E-state index in [2.05, 4.69) is 9.88 Å². The Morgan fingerprint density at radius 1 is 1.26 bits per heavy atom. The summed E-state index contributed by atoms with van der Waals surface area (Å²) in [4.78, 5) is 20.7. The average Bonchev–Trinajstić information content (AvgIpc) is 2.46. The van der Waals surface area contributed by atoms with Crippen molar-refractivity contribution in [2.75, 3.05) is 31.1 Å². The van der Waals surface area contributed by atoms with Crippen molar-refractivity contribution in [1.29, 1.82) is 0 Å². The number of nitrogens with two attached hydrogens (primary N) is 1. The van der Waals surface area contributed by atoms with E-state index < -0.39 is 0 Å². The maximum Gasteiger partial charge on any atom is 0.227 e. The van der Waals surface area contributed by atoms with Gasteiger partial charge in [-0.3, -0.25) is 4.79 Å². The maximum absolute atomic E-state index is 12.2. The number of rotatable bonds is 3. The lowest BCUT2D eigenvalue weighted by Crippen LogP contribution is -2.52. The second-order valence-electron chi connectivity index (χ2n) is 5.15. The highest BCUT2D eigenvalue weighted by atomic mass is 16.2. The molecule has 1 aliphatic heterocycles. The number of amides is 1. The Kier molecular flexibility index (Phi) is 4.37. The largest absolute Gasteiger partial charge is 0.353 e. The summed E-state index contributed by atoms with van der Waals surface area (Å²) in [5, 5.41) is 0. The minimum atomic E-state index is -0.110. The van der Waals surface area contributed by atoms with Crippen LogP contribution in [0.2, 0.25) is 0 Å². The Morgan fingerprint density at radius 3 is 2.47 bits per heavy atom. The molecule has 2 N–H and O–H groups in total. The SMILES string of the molecule is CC(N)C(C)C(=O)N1CCN(c2ccccn2)CC1. The van der Waals surface area contributed by atoms with Crippen LogP contribution in [-0.4, -0.2) is 48.0 Å². The van der Waals surface area contributed by atoms with Crippen molar-refractivity contribution in [1.82, 2.24) is 9.88 Å². The van der Waals surface area contributed by atoms with Gasteiger partial charge in [0.1, 0.15) is 5.82 Å². The topological polar surface area (TPSA) is 62.5 Å². The molecule has 1 saturated heterocycles. The summed E-state index contributed by atoms with van der Waals surface area (Å²) in [6.45, 7) is 6.92. The lowest BCUT2D eigenvalue weighted by atomic mass is 10.0. The van der Waals surface area contributed by atoms with Crippen molar-refractivity contribution in [2.24, 2.45) is 11.7 Å². The van der Waals surface area contributed by atoms with Gasteiger partial charge in [0.15, 0.2) is 0 Å². The maximum atomic E-state index is 12.2. The molecule has 0 spiro atoms. The van der Waals surface area contributed by atoms with Crippen molar-refractivity contribution in [3.8, 4) is 0 Å². The Bertz CT molecular complexity index is 413. The van der Waals surface area contributed by atoms with Crippen molar-refractivity contribution in [2.45, 2.75) is 19.9 Å². The Labute approximate surface area is 114 Å². The molecule has 1 amide bonds. The Hall–Kier alpha value is -1.62. The number of hydrogen-bond donors (Lipinski definition) is 1. The monoisotopic (exact) mass is 262 g/mol. The van der Waals surface area contributed by atoms with Crippen LogP contribution in [-0.2, 0) is 4.79 Å². The summed E-state index contributed by atoms with van der Waals surface area (Å²) >= 11 is 0. The van der Waals surface area contributed by atoms with E-state index in [0.717, 1.165) is 32.0 Å². The van der Waals surface area contributed by atoms with Gasteiger partial charge in [-0.25, -0.2) is 4.98 Å². The molecule has 0 aromatic carbocycles. The fourth-order valence-electron chi connectivity index (χ4n) is 2.21. The lowest BCUT2D eigenvalue weighted by Gasteiger charge is -2.37.